The molecule has 1 aliphatic heterocycles. The Balaban J connectivity index is 1.85. The SMILES string of the molecule is Cc1[nH]c(=S)n2c1C1C[C@]1(c1cc(F)cc(Cl)c1)C2. The molecule has 1 N–H and O–H groups in total. The lowest BCUT2D eigenvalue weighted by Gasteiger charge is -2.13. The van der Waals surface area contributed by atoms with E-state index in [1.165, 1.54) is 11.8 Å². The number of aryl methyl sites for hydroxylation is 1. The van der Waals surface area contributed by atoms with Crippen molar-refractivity contribution < 1.29 is 4.39 Å². The van der Waals surface area contributed by atoms with Gasteiger partial charge in [-0.05, 0) is 49.3 Å². The fourth-order valence-electron chi connectivity index (χ4n) is 3.58. The van der Waals surface area contributed by atoms with E-state index in [0.717, 1.165) is 29.0 Å². The first kappa shape index (κ1) is 11.7. The monoisotopic (exact) mass is 294 g/mol. The zero-order valence-corrected chi connectivity index (χ0v) is 11.9. The van der Waals surface area contributed by atoms with E-state index in [-0.39, 0.29) is 11.2 Å². The summed E-state index contributed by atoms with van der Waals surface area (Å²) in [5, 5.41) is 0.466. The predicted octanol–water partition coefficient (Wildman–Crippen LogP) is 4.09. The maximum atomic E-state index is 13.6. The number of aromatic amines is 1. The number of hydrogen-bond donors (Lipinski definition) is 1. The molecule has 1 unspecified atom stereocenters. The normalized spacial score (nSPS) is 27.2. The van der Waals surface area contributed by atoms with Gasteiger partial charge in [0.1, 0.15) is 5.82 Å². The average Bonchev–Trinajstić information content (AvgIpc) is 2.83. The van der Waals surface area contributed by atoms with E-state index in [1.54, 1.807) is 6.07 Å². The number of nitrogens with one attached hydrogen (secondary N) is 1. The Morgan fingerprint density at radius 2 is 2.26 bits per heavy atom. The fourth-order valence-corrected chi connectivity index (χ4v) is 4.12. The van der Waals surface area contributed by atoms with Crippen molar-refractivity contribution in [2.24, 2.45) is 0 Å². The van der Waals surface area contributed by atoms with Crippen LogP contribution in [0.5, 0.6) is 0 Å². The highest BCUT2D eigenvalue weighted by atomic mass is 35.5. The molecule has 0 radical (unpaired) electrons. The van der Waals surface area contributed by atoms with Crippen molar-refractivity contribution in [3.05, 3.63) is 50.8 Å². The van der Waals surface area contributed by atoms with Crippen molar-refractivity contribution in [1.29, 1.82) is 0 Å². The molecule has 1 aliphatic carbocycles. The topological polar surface area (TPSA) is 20.7 Å². The number of halogens is 2. The van der Waals surface area contributed by atoms with Gasteiger partial charge in [0.25, 0.3) is 0 Å². The third kappa shape index (κ3) is 1.44. The summed E-state index contributed by atoms with van der Waals surface area (Å²) in [7, 11) is 0. The van der Waals surface area contributed by atoms with Crippen molar-refractivity contribution >= 4 is 23.8 Å². The highest BCUT2D eigenvalue weighted by molar-refractivity contribution is 7.71. The van der Waals surface area contributed by atoms with Gasteiger partial charge in [-0.25, -0.2) is 4.39 Å². The van der Waals surface area contributed by atoms with Crippen LogP contribution in [0.4, 0.5) is 4.39 Å². The molecule has 1 saturated carbocycles. The second kappa shape index (κ2) is 3.49. The van der Waals surface area contributed by atoms with E-state index >= 15 is 0 Å². The van der Waals surface area contributed by atoms with Gasteiger partial charge in [-0.3, -0.25) is 0 Å². The van der Waals surface area contributed by atoms with Crippen molar-refractivity contribution in [3.8, 4) is 0 Å². The highest BCUT2D eigenvalue weighted by Crippen LogP contribution is 2.66. The Morgan fingerprint density at radius 1 is 1.47 bits per heavy atom. The summed E-state index contributed by atoms with van der Waals surface area (Å²) in [6.07, 6.45) is 1.06. The van der Waals surface area contributed by atoms with Gasteiger partial charge in [0.05, 0.1) is 0 Å². The van der Waals surface area contributed by atoms with E-state index in [0.29, 0.717) is 10.9 Å². The Morgan fingerprint density at radius 3 is 2.95 bits per heavy atom. The Labute approximate surface area is 120 Å². The van der Waals surface area contributed by atoms with Crippen LogP contribution >= 0.6 is 23.8 Å². The van der Waals surface area contributed by atoms with Gasteiger partial charge in [-0.15, -0.1) is 0 Å². The van der Waals surface area contributed by atoms with Crippen LogP contribution in [0.15, 0.2) is 18.2 Å². The van der Waals surface area contributed by atoms with Crippen LogP contribution in [0.1, 0.15) is 29.3 Å². The Kier molecular flexibility index (Phi) is 2.15. The van der Waals surface area contributed by atoms with Crippen LogP contribution in [-0.2, 0) is 12.0 Å². The molecule has 1 aromatic heterocycles. The standard InChI is InChI=1S/C14H12ClFN2S/c1-7-12-11-5-14(11,6-18(12)13(19)17-7)8-2-9(15)4-10(16)3-8/h2-4,11H,5-6H2,1H3,(H,17,19)/t11?,14-/m1/s1. The molecule has 2 nitrogen and oxygen atoms in total. The van der Waals surface area contributed by atoms with Gasteiger partial charge in [0.2, 0.25) is 0 Å². The zero-order valence-electron chi connectivity index (χ0n) is 10.3. The van der Waals surface area contributed by atoms with Gasteiger partial charge in [0.15, 0.2) is 4.77 Å². The summed E-state index contributed by atoms with van der Waals surface area (Å²) in [5.74, 6) is 0.180. The highest BCUT2D eigenvalue weighted by Gasteiger charge is 2.62. The van der Waals surface area contributed by atoms with E-state index in [9.17, 15) is 4.39 Å². The number of H-pyrrole nitrogens is 1. The van der Waals surface area contributed by atoms with Crippen LogP contribution in [0.3, 0.4) is 0 Å². The molecule has 0 amide bonds. The number of imidazole rings is 1. The van der Waals surface area contributed by atoms with E-state index in [1.807, 2.05) is 6.07 Å². The first-order chi connectivity index (χ1) is 9.01. The number of benzene rings is 1. The molecule has 4 rings (SSSR count). The molecular formula is C14H12ClFN2S. The van der Waals surface area contributed by atoms with Gasteiger partial charge >= 0.3 is 0 Å². The number of aromatic nitrogens is 2. The van der Waals surface area contributed by atoms with Crippen LogP contribution in [0.2, 0.25) is 5.02 Å². The van der Waals surface area contributed by atoms with Crippen molar-refractivity contribution in [2.45, 2.75) is 31.2 Å². The predicted molar refractivity (Wildman–Crippen MR) is 74.8 cm³/mol. The summed E-state index contributed by atoms with van der Waals surface area (Å²) in [4.78, 5) is 3.20. The van der Waals surface area contributed by atoms with Crippen molar-refractivity contribution in [2.75, 3.05) is 0 Å². The minimum Gasteiger partial charge on any atom is -0.335 e. The van der Waals surface area contributed by atoms with Crippen LogP contribution < -0.4 is 0 Å². The van der Waals surface area contributed by atoms with E-state index in [2.05, 4.69) is 16.5 Å². The molecule has 1 fully saturated rings. The van der Waals surface area contributed by atoms with Crippen LogP contribution in [-0.4, -0.2) is 9.55 Å². The summed E-state index contributed by atoms with van der Waals surface area (Å²) >= 11 is 11.3. The number of hydrogen-bond acceptors (Lipinski definition) is 1. The summed E-state index contributed by atoms with van der Waals surface area (Å²) in [6.45, 7) is 2.88. The fraction of sp³-hybridized carbons (Fsp3) is 0.357. The molecule has 2 heterocycles. The van der Waals surface area contributed by atoms with Crippen LogP contribution in [0, 0.1) is 17.5 Å². The molecule has 98 valence electrons. The molecule has 0 spiro atoms. The maximum absolute atomic E-state index is 13.6. The third-order valence-corrected chi connectivity index (χ3v) is 5.04. The number of fused-ring (bicyclic) bond motifs is 3. The first-order valence-electron chi connectivity index (χ1n) is 6.27. The minimum absolute atomic E-state index is 0.00843. The molecule has 0 saturated heterocycles. The lowest BCUT2D eigenvalue weighted by Crippen LogP contribution is -2.12. The number of rotatable bonds is 1. The van der Waals surface area contributed by atoms with Gasteiger partial charge in [0, 0.05) is 34.3 Å². The summed E-state index contributed by atoms with van der Waals surface area (Å²) in [6, 6.07) is 4.85. The van der Waals surface area contributed by atoms with Crippen molar-refractivity contribution in [3.63, 3.8) is 0 Å². The van der Waals surface area contributed by atoms with Gasteiger partial charge in [-0.2, -0.15) is 0 Å². The molecule has 5 heteroatoms. The molecule has 1 aromatic carbocycles. The minimum atomic E-state index is -0.263. The molecular weight excluding hydrogens is 283 g/mol. The number of nitrogens with zero attached hydrogens (tertiary/aromatic N) is 1. The molecule has 19 heavy (non-hydrogen) atoms. The van der Waals surface area contributed by atoms with E-state index in [4.69, 9.17) is 23.8 Å². The molecule has 2 aromatic rings. The molecule has 2 aliphatic rings. The van der Waals surface area contributed by atoms with E-state index < -0.39 is 0 Å². The Hall–Kier alpha value is -1.13. The zero-order chi connectivity index (χ0) is 13.4. The summed E-state index contributed by atoms with van der Waals surface area (Å²) in [5.41, 5.74) is 3.43. The van der Waals surface area contributed by atoms with Crippen molar-refractivity contribution in [1.82, 2.24) is 9.55 Å². The van der Waals surface area contributed by atoms with Gasteiger partial charge < -0.3 is 9.55 Å². The first-order valence-corrected chi connectivity index (χ1v) is 7.06. The van der Waals surface area contributed by atoms with Crippen LogP contribution in [0.25, 0.3) is 0 Å². The molecule has 0 bridgehead atoms. The smallest absolute Gasteiger partial charge is 0.177 e. The second-order valence-corrected chi connectivity index (χ2v) is 6.42. The quantitative estimate of drug-likeness (QED) is 0.786. The largest absolute Gasteiger partial charge is 0.335 e. The van der Waals surface area contributed by atoms with Gasteiger partial charge in [-0.1, -0.05) is 11.6 Å². The lowest BCUT2D eigenvalue weighted by molar-refractivity contribution is 0.570. The third-order valence-electron chi connectivity index (χ3n) is 4.50. The maximum Gasteiger partial charge on any atom is 0.177 e. The Bertz CT molecular complexity index is 743. The molecule has 2 atom stereocenters. The summed E-state index contributed by atoms with van der Waals surface area (Å²) < 4.78 is 16.5. The average molecular weight is 295 g/mol. The lowest BCUT2D eigenvalue weighted by atomic mass is 9.94. The second-order valence-electron chi connectivity index (χ2n) is 5.60.